The second-order valence-corrected chi connectivity index (χ2v) is 6.43. The molecule has 1 atom stereocenters. The van der Waals surface area contributed by atoms with Crippen LogP contribution in [0.5, 0.6) is 0 Å². The van der Waals surface area contributed by atoms with Crippen LogP contribution in [0, 0.1) is 6.92 Å². The van der Waals surface area contributed by atoms with Gasteiger partial charge >= 0.3 is 0 Å². The van der Waals surface area contributed by atoms with E-state index < -0.39 is 0 Å². The number of carbonyl (C=O) groups is 1. The Hall–Kier alpha value is -2.62. The third kappa shape index (κ3) is 4.47. The number of hydrogen-bond donors (Lipinski definition) is 0. The Morgan fingerprint density at radius 3 is 2.56 bits per heavy atom. The van der Waals surface area contributed by atoms with Gasteiger partial charge in [0.25, 0.3) is 0 Å². The van der Waals surface area contributed by atoms with Crippen LogP contribution in [-0.4, -0.2) is 35.7 Å². The van der Waals surface area contributed by atoms with Gasteiger partial charge in [-0.1, -0.05) is 65.3 Å². The SMILES string of the molecule is CCN(CC1CC(c2ccc(C)cc2)=NO1)C(=O)Cc1ccccc1. The van der Waals surface area contributed by atoms with Crippen LogP contribution in [0.25, 0.3) is 0 Å². The highest BCUT2D eigenvalue weighted by molar-refractivity contribution is 6.01. The zero-order valence-corrected chi connectivity index (χ0v) is 14.8. The fraction of sp³-hybridized carbons (Fsp3) is 0.333. The number of carbonyl (C=O) groups excluding carboxylic acids is 1. The standard InChI is InChI=1S/C21H24N2O2/c1-3-23(21(24)13-17-7-5-4-6-8-17)15-19-14-20(22-25-19)18-11-9-16(2)10-12-18/h4-12,19H,3,13-15H2,1-2H3. The van der Waals surface area contributed by atoms with E-state index in [-0.39, 0.29) is 12.0 Å². The molecule has 2 aromatic carbocycles. The minimum Gasteiger partial charge on any atom is -0.390 e. The van der Waals surface area contributed by atoms with E-state index in [4.69, 9.17) is 4.84 Å². The second kappa shape index (κ2) is 7.97. The number of hydrogen-bond acceptors (Lipinski definition) is 3. The monoisotopic (exact) mass is 336 g/mol. The summed E-state index contributed by atoms with van der Waals surface area (Å²) in [5.41, 5.74) is 4.31. The lowest BCUT2D eigenvalue weighted by atomic mass is 10.0. The first kappa shape index (κ1) is 17.2. The zero-order chi connectivity index (χ0) is 17.6. The Morgan fingerprint density at radius 1 is 1.16 bits per heavy atom. The van der Waals surface area contributed by atoms with Crippen LogP contribution >= 0.6 is 0 Å². The molecule has 4 nitrogen and oxygen atoms in total. The molecule has 130 valence electrons. The maximum Gasteiger partial charge on any atom is 0.227 e. The lowest BCUT2D eigenvalue weighted by molar-refractivity contribution is -0.132. The molecule has 2 aromatic rings. The normalized spacial score (nSPS) is 16.2. The number of nitrogens with zero attached hydrogens (tertiary/aromatic N) is 2. The van der Waals surface area contributed by atoms with Crippen LogP contribution in [0.4, 0.5) is 0 Å². The van der Waals surface area contributed by atoms with Gasteiger partial charge in [-0.15, -0.1) is 0 Å². The highest BCUT2D eigenvalue weighted by Crippen LogP contribution is 2.18. The van der Waals surface area contributed by atoms with Crippen LogP contribution in [0.2, 0.25) is 0 Å². The number of rotatable bonds is 6. The van der Waals surface area contributed by atoms with Gasteiger partial charge in [-0.05, 0) is 25.0 Å². The molecule has 0 radical (unpaired) electrons. The number of benzene rings is 2. The van der Waals surface area contributed by atoms with Crippen molar-refractivity contribution in [1.82, 2.24) is 4.90 Å². The molecule has 0 bridgehead atoms. The molecule has 0 spiro atoms. The number of aryl methyl sites for hydroxylation is 1. The first-order valence-corrected chi connectivity index (χ1v) is 8.77. The summed E-state index contributed by atoms with van der Waals surface area (Å²) in [4.78, 5) is 20.0. The third-order valence-corrected chi connectivity index (χ3v) is 4.47. The molecule has 0 aromatic heterocycles. The van der Waals surface area contributed by atoms with E-state index in [1.165, 1.54) is 5.56 Å². The fourth-order valence-corrected chi connectivity index (χ4v) is 2.98. The van der Waals surface area contributed by atoms with Crippen LogP contribution in [0.15, 0.2) is 59.8 Å². The molecule has 0 saturated heterocycles. The van der Waals surface area contributed by atoms with E-state index in [9.17, 15) is 4.79 Å². The van der Waals surface area contributed by atoms with Crippen molar-refractivity contribution in [3.63, 3.8) is 0 Å². The first-order chi connectivity index (χ1) is 12.2. The molecule has 1 heterocycles. The zero-order valence-electron chi connectivity index (χ0n) is 14.8. The quantitative estimate of drug-likeness (QED) is 0.809. The summed E-state index contributed by atoms with van der Waals surface area (Å²) >= 11 is 0. The molecule has 0 aliphatic carbocycles. The molecule has 1 aliphatic rings. The predicted octanol–water partition coefficient (Wildman–Crippen LogP) is 3.58. The molecular formula is C21H24N2O2. The van der Waals surface area contributed by atoms with Gasteiger partial charge in [-0.3, -0.25) is 4.79 Å². The molecule has 0 saturated carbocycles. The summed E-state index contributed by atoms with van der Waals surface area (Å²) in [7, 11) is 0. The Morgan fingerprint density at radius 2 is 1.88 bits per heavy atom. The Bertz CT molecular complexity index is 738. The molecule has 1 amide bonds. The Labute approximate surface area is 149 Å². The minimum absolute atomic E-state index is 0.0732. The summed E-state index contributed by atoms with van der Waals surface area (Å²) in [5.74, 6) is 0.126. The van der Waals surface area contributed by atoms with Crippen molar-refractivity contribution in [2.75, 3.05) is 13.1 Å². The molecular weight excluding hydrogens is 312 g/mol. The summed E-state index contributed by atoms with van der Waals surface area (Å²) in [6.45, 7) is 5.31. The average molecular weight is 336 g/mol. The van der Waals surface area contributed by atoms with Crippen molar-refractivity contribution >= 4 is 11.6 Å². The Kier molecular flexibility index (Phi) is 5.49. The first-order valence-electron chi connectivity index (χ1n) is 8.77. The topological polar surface area (TPSA) is 41.9 Å². The van der Waals surface area contributed by atoms with Gasteiger partial charge in [0.2, 0.25) is 5.91 Å². The summed E-state index contributed by atoms with van der Waals surface area (Å²) in [6, 6.07) is 18.1. The van der Waals surface area contributed by atoms with Gasteiger partial charge in [-0.25, -0.2) is 0 Å². The van der Waals surface area contributed by atoms with Crippen LogP contribution in [-0.2, 0) is 16.1 Å². The highest BCUT2D eigenvalue weighted by Gasteiger charge is 2.26. The smallest absolute Gasteiger partial charge is 0.227 e. The summed E-state index contributed by atoms with van der Waals surface area (Å²) in [6.07, 6.45) is 1.08. The van der Waals surface area contributed by atoms with Crippen LogP contribution in [0.1, 0.15) is 30.0 Å². The predicted molar refractivity (Wildman–Crippen MR) is 99.6 cm³/mol. The van der Waals surface area contributed by atoms with E-state index in [0.29, 0.717) is 19.5 Å². The summed E-state index contributed by atoms with van der Waals surface area (Å²) < 4.78 is 0. The van der Waals surface area contributed by atoms with Gasteiger partial charge in [-0.2, -0.15) is 0 Å². The van der Waals surface area contributed by atoms with Crippen molar-refractivity contribution in [3.05, 3.63) is 71.3 Å². The van der Waals surface area contributed by atoms with E-state index in [1.807, 2.05) is 42.2 Å². The fourth-order valence-electron chi connectivity index (χ4n) is 2.98. The highest BCUT2D eigenvalue weighted by atomic mass is 16.6. The van der Waals surface area contributed by atoms with Gasteiger partial charge in [0, 0.05) is 13.0 Å². The maximum atomic E-state index is 12.6. The van der Waals surface area contributed by atoms with E-state index in [0.717, 1.165) is 23.3 Å². The molecule has 3 rings (SSSR count). The molecule has 25 heavy (non-hydrogen) atoms. The molecule has 0 N–H and O–H groups in total. The van der Waals surface area contributed by atoms with Crippen molar-refractivity contribution < 1.29 is 9.63 Å². The van der Waals surface area contributed by atoms with E-state index in [2.05, 4.69) is 36.3 Å². The number of likely N-dealkylation sites (N-methyl/N-ethyl adjacent to an activating group) is 1. The van der Waals surface area contributed by atoms with E-state index in [1.54, 1.807) is 0 Å². The van der Waals surface area contributed by atoms with E-state index >= 15 is 0 Å². The molecule has 0 fully saturated rings. The average Bonchev–Trinajstić information content (AvgIpc) is 3.09. The minimum atomic E-state index is -0.0732. The number of oxime groups is 1. The third-order valence-electron chi connectivity index (χ3n) is 4.47. The molecule has 4 heteroatoms. The van der Waals surface area contributed by atoms with Crippen molar-refractivity contribution in [2.45, 2.75) is 32.8 Å². The lowest BCUT2D eigenvalue weighted by Gasteiger charge is -2.23. The lowest BCUT2D eigenvalue weighted by Crippen LogP contribution is -2.38. The molecule has 1 unspecified atom stereocenters. The van der Waals surface area contributed by atoms with Crippen LogP contribution in [0.3, 0.4) is 0 Å². The van der Waals surface area contributed by atoms with Gasteiger partial charge in [0.1, 0.15) is 0 Å². The van der Waals surface area contributed by atoms with Gasteiger partial charge in [0.05, 0.1) is 18.7 Å². The van der Waals surface area contributed by atoms with Crippen molar-refractivity contribution in [2.24, 2.45) is 5.16 Å². The van der Waals surface area contributed by atoms with Gasteiger partial charge < -0.3 is 9.74 Å². The van der Waals surface area contributed by atoms with Crippen molar-refractivity contribution in [1.29, 1.82) is 0 Å². The Balaban J connectivity index is 1.56. The second-order valence-electron chi connectivity index (χ2n) is 6.43. The maximum absolute atomic E-state index is 12.6. The molecule has 1 aliphatic heterocycles. The summed E-state index contributed by atoms with van der Waals surface area (Å²) in [5, 5.41) is 4.23. The largest absolute Gasteiger partial charge is 0.390 e. The van der Waals surface area contributed by atoms with Gasteiger partial charge in [0.15, 0.2) is 6.10 Å². The number of amides is 1. The van der Waals surface area contributed by atoms with Crippen LogP contribution < -0.4 is 0 Å². The van der Waals surface area contributed by atoms with Crippen molar-refractivity contribution in [3.8, 4) is 0 Å².